The molecule has 1 aromatic carbocycles. The van der Waals surface area contributed by atoms with Crippen LogP contribution in [0.1, 0.15) is 46.3 Å². The Hall–Kier alpha value is -2.69. The van der Waals surface area contributed by atoms with Crippen molar-refractivity contribution in [2.24, 2.45) is 0 Å². The van der Waals surface area contributed by atoms with Crippen LogP contribution in [0, 0.1) is 11.3 Å². The molecule has 0 fully saturated rings. The van der Waals surface area contributed by atoms with Crippen LogP contribution in [-0.2, 0) is 19.4 Å². The molecule has 1 aliphatic rings. The summed E-state index contributed by atoms with van der Waals surface area (Å²) in [6.07, 6.45) is 3.89. The summed E-state index contributed by atoms with van der Waals surface area (Å²) in [7, 11) is 0. The summed E-state index contributed by atoms with van der Waals surface area (Å²) in [6.45, 7) is 2.38. The monoisotopic (exact) mass is 412 g/mol. The van der Waals surface area contributed by atoms with Gasteiger partial charge in [0.15, 0.2) is 5.69 Å². The van der Waals surface area contributed by atoms with Crippen LogP contribution in [0.15, 0.2) is 23.0 Å². The Balaban J connectivity index is 1.78. The van der Waals surface area contributed by atoms with Crippen LogP contribution in [0.4, 0.5) is 5.00 Å². The van der Waals surface area contributed by atoms with Crippen molar-refractivity contribution in [1.82, 2.24) is 9.78 Å². The molecule has 0 unspecified atom stereocenters. The number of rotatable bonds is 3. The molecule has 142 valence electrons. The highest BCUT2D eigenvalue weighted by Gasteiger charge is 2.24. The fraction of sp³-hybridized carbons (Fsp3) is 0.300. The highest BCUT2D eigenvalue weighted by Crippen LogP contribution is 2.37. The van der Waals surface area contributed by atoms with Crippen LogP contribution in [0.2, 0.25) is 5.02 Å². The van der Waals surface area contributed by atoms with E-state index in [1.54, 1.807) is 22.9 Å². The Kier molecular flexibility index (Phi) is 4.92. The predicted octanol–water partition coefficient (Wildman–Crippen LogP) is 4.13. The summed E-state index contributed by atoms with van der Waals surface area (Å²) in [5.74, 6) is -0.607. The molecule has 0 aliphatic heterocycles. The lowest BCUT2D eigenvalue weighted by atomic mass is 9.96. The first-order chi connectivity index (χ1) is 13.5. The second-order valence-electron chi connectivity index (χ2n) is 6.64. The standard InChI is InChI=1S/C20H17ClN4O2S/c1-2-25-15-8-7-11(21)9-13(15)18(26)17(24-25)19(27)23-20-14(10-22)12-5-3-4-6-16(12)28-20/h7-9H,2-6H2,1H3,(H,23,27). The van der Waals surface area contributed by atoms with E-state index in [0.717, 1.165) is 36.1 Å². The Morgan fingerprint density at radius 1 is 1.39 bits per heavy atom. The maximum atomic E-state index is 12.9. The molecule has 0 saturated carbocycles. The Labute approximate surface area is 170 Å². The van der Waals surface area contributed by atoms with Crippen molar-refractivity contribution in [2.75, 3.05) is 5.32 Å². The highest BCUT2D eigenvalue weighted by atomic mass is 35.5. The molecule has 0 bridgehead atoms. The van der Waals surface area contributed by atoms with Gasteiger partial charge in [-0.15, -0.1) is 11.3 Å². The number of amides is 1. The largest absolute Gasteiger partial charge is 0.311 e. The number of hydrogen-bond donors (Lipinski definition) is 1. The molecule has 6 nitrogen and oxygen atoms in total. The van der Waals surface area contributed by atoms with Crippen molar-refractivity contribution in [2.45, 2.75) is 39.2 Å². The third-order valence-corrected chi connectivity index (χ3v) is 6.38. The third kappa shape index (κ3) is 3.09. The number of carbonyl (C=O) groups is 1. The van der Waals surface area contributed by atoms with E-state index in [1.165, 1.54) is 11.3 Å². The minimum absolute atomic E-state index is 0.202. The van der Waals surface area contributed by atoms with Crippen LogP contribution >= 0.6 is 22.9 Å². The van der Waals surface area contributed by atoms with Gasteiger partial charge in [-0.05, 0) is 56.4 Å². The minimum atomic E-state index is -0.607. The number of anilines is 1. The van der Waals surface area contributed by atoms with Gasteiger partial charge < -0.3 is 5.32 Å². The Morgan fingerprint density at radius 3 is 2.93 bits per heavy atom. The van der Waals surface area contributed by atoms with Gasteiger partial charge in [0.25, 0.3) is 5.91 Å². The number of thiophene rings is 1. The molecule has 28 heavy (non-hydrogen) atoms. The molecule has 1 aliphatic carbocycles. The molecule has 2 heterocycles. The summed E-state index contributed by atoms with van der Waals surface area (Å²) >= 11 is 7.46. The highest BCUT2D eigenvalue weighted by molar-refractivity contribution is 7.16. The van der Waals surface area contributed by atoms with Crippen molar-refractivity contribution < 1.29 is 4.79 Å². The molecule has 4 rings (SSSR count). The zero-order valence-corrected chi connectivity index (χ0v) is 16.8. The molecule has 8 heteroatoms. The number of nitrogens with one attached hydrogen (secondary N) is 1. The average molecular weight is 413 g/mol. The second kappa shape index (κ2) is 7.38. The van der Waals surface area contributed by atoms with Crippen molar-refractivity contribution in [3.63, 3.8) is 0 Å². The van der Waals surface area contributed by atoms with E-state index in [1.807, 2.05) is 6.92 Å². The van der Waals surface area contributed by atoms with E-state index in [9.17, 15) is 14.9 Å². The Morgan fingerprint density at radius 2 is 2.18 bits per heavy atom. The van der Waals surface area contributed by atoms with Gasteiger partial charge in [-0.3, -0.25) is 14.3 Å². The number of nitriles is 1. The normalized spacial score (nSPS) is 13.2. The molecule has 2 aromatic heterocycles. The van der Waals surface area contributed by atoms with Crippen LogP contribution in [0.3, 0.4) is 0 Å². The maximum absolute atomic E-state index is 12.9. The lowest BCUT2D eigenvalue weighted by Crippen LogP contribution is -2.27. The van der Waals surface area contributed by atoms with Gasteiger partial charge >= 0.3 is 0 Å². The molecule has 0 saturated heterocycles. The molecule has 0 radical (unpaired) electrons. The molecule has 1 amide bonds. The van der Waals surface area contributed by atoms with Gasteiger partial charge in [-0.1, -0.05) is 11.6 Å². The van der Waals surface area contributed by atoms with Crippen LogP contribution in [0.5, 0.6) is 0 Å². The first-order valence-corrected chi connectivity index (χ1v) is 10.3. The average Bonchev–Trinajstić information content (AvgIpc) is 3.05. The van der Waals surface area contributed by atoms with Crippen LogP contribution in [0.25, 0.3) is 10.9 Å². The summed E-state index contributed by atoms with van der Waals surface area (Å²) in [5.41, 5.74) is 1.48. The van der Waals surface area contributed by atoms with Gasteiger partial charge in [-0.2, -0.15) is 10.4 Å². The zero-order valence-electron chi connectivity index (χ0n) is 15.2. The molecule has 1 N–H and O–H groups in total. The van der Waals surface area contributed by atoms with Crippen molar-refractivity contribution in [1.29, 1.82) is 5.26 Å². The molecular weight excluding hydrogens is 396 g/mol. The van der Waals surface area contributed by atoms with Gasteiger partial charge in [0.2, 0.25) is 5.43 Å². The van der Waals surface area contributed by atoms with Crippen molar-refractivity contribution >= 4 is 44.7 Å². The van der Waals surface area contributed by atoms with Crippen molar-refractivity contribution in [3.05, 3.63) is 55.1 Å². The van der Waals surface area contributed by atoms with Gasteiger partial charge in [0.1, 0.15) is 11.1 Å². The van der Waals surface area contributed by atoms with Crippen molar-refractivity contribution in [3.8, 4) is 6.07 Å². The number of aryl methyl sites for hydroxylation is 2. The first kappa shape index (κ1) is 18.7. The minimum Gasteiger partial charge on any atom is -0.311 e. The maximum Gasteiger partial charge on any atom is 0.280 e. The number of halogens is 1. The fourth-order valence-corrected chi connectivity index (χ4v) is 4.99. The number of nitrogens with zero attached hydrogens (tertiary/aromatic N) is 3. The summed E-state index contributed by atoms with van der Waals surface area (Å²) < 4.78 is 1.60. The number of benzene rings is 1. The topological polar surface area (TPSA) is 87.8 Å². The molecule has 3 aromatic rings. The summed E-state index contributed by atoms with van der Waals surface area (Å²) in [6, 6.07) is 7.17. The Bertz CT molecular complexity index is 1210. The fourth-order valence-electron chi connectivity index (χ4n) is 3.59. The zero-order chi connectivity index (χ0) is 19.8. The summed E-state index contributed by atoms with van der Waals surface area (Å²) in [5, 5.41) is 17.8. The van der Waals surface area contributed by atoms with Crippen LogP contribution < -0.4 is 10.7 Å². The lowest BCUT2D eigenvalue weighted by molar-refractivity contribution is 0.101. The first-order valence-electron chi connectivity index (χ1n) is 9.09. The number of fused-ring (bicyclic) bond motifs is 2. The van der Waals surface area contributed by atoms with E-state index in [4.69, 9.17) is 11.6 Å². The van der Waals surface area contributed by atoms with E-state index >= 15 is 0 Å². The second-order valence-corrected chi connectivity index (χ2v) is 8.18. The predicted molar refractivity (Wildman–Crippen MR) is 110 cm³/mol. The van der Waals surface area contributed by atoms with E-state index < -0.39 is 11.3 Å². The summed E-state index contributed by atoms with van der Waals surface area (Å²) in [4.78, 5) is 26.9. The van der Waals surface area contributed by atoms with Gasteiger partial charge in [0, 0.05) is 16.4 Å². The van der Waals surface area contributed by atoms with Gasteiger partial charge in [-0.25, -0.2) is 0 Å². The third-order valence-electron chi connectivity index (χ3n) is 4.94. The number of aromatic nitrogens is 2. The molecular formula is C20H17ClN4O2S. The molecule has 0 spiro atoms. The quantitative estimate of drug-likeness (QED) is 0.700. The number of hydrogen-bond acceptors (Lipinski definition) is 5. The van der Waals surface area contributed by atoms with E-state index in [0.29, 0.717) is 33.0 Å². The number of carbonyl (C=O) groups excluding carboxylic acids is 1. The van der Waals surface area contributed by atoms with Crippen LogP contribution in [-0.4, -0.2) is 15.7 Å². The SMILES string of the molecule is CCn1nc(C(=O)Nc2sc3c(c2C#N)CCCC3)c(=O)c2cc(Cl)ccc21. The van der Waals surface area contributed by atoms with E-state index in [2.05, 4.69) is 16.5 Å². The van der Waals surface area contributed by atoms with E-state index in [-0.39, 0.29) is 5.69 Å². The smallest absolute Gasteiger partial charge is 0.280 e. The van der Waals surface area contributed by atoms with Gasteiger partial charge in [0.05, 0.1) is 16.5 Å². The lowest BCUT2D eigenvalue weighted by Gasteiger charge is -2.10. The molecule has 0 atom stereocenters.